The lowest BCUT2D eigenvalue weighted by molar-refractivity contribution is -0.151. The van der Waals surface area contributed by atoms with E-state index in [2.05, 4.69) is 19.2 Å². The second kappa shape index (κ2) is 6.66. The van der Waals surface area contributed by atoms with Crippen LogP contribution in [0.15, 0.2) is 24.3 Å². The number of rotatable bonds is 1. The Morgan fingerprint density at radius 1 is 0.969 bits per heavy atom. The summed E-state index contributed by atoms with van der Waals surface area (Å²) in [4.78, 5) is 26.9. The van der Waals surface area contributed by atoms with Crippen LogP contribution >= 0.6 is 0 Å². The molecule has 3 N–H and O–H groups in total. The minimum Gasteiger partial charge on any atom is -0.393 e. The molecule has 6 rings (SSSR count). The maximum atomic E-state index is 13.9. The van der Waals surface area contributed by atoms with Gasteiger partial charge in [0.1, 0.15) is 5.78 Å². The molecule has 0 spiro atoms. The second-order valence-corrected chi connectivity index (χ2v) is 12.0. The van der Waals surface area contributed by atoms with Gasteiger partial charge < -0.3 is 15.5 Å². The van der Waals surface area contributed by atoms with Crippen molar-refractivity contribution in [2.24, 2.45) is 40.4 Å². The molecule has 0 saturated heterocycles. The molecular formula is C27H35NO4. The number of aliphatic hydroxyl groups excluding tert-OH is 1. The predicted octanol–water partition coefficient (Wildman–Crippen LogP) is 4.03. The molecular weight excluding hydrogens is 402 g/mol. The third-order valence-electron chi connectivity index (χ3n) is 10.8. The van der Waals surface area contributed by atoms with Crippen molar-refractivity contribution in [3.8, 4) is 0 Å². The third kappa shape index (κ3) is 2.47. The van der Waals surface area contributed by atoms with E-state index in [9.17, 15) is 19.8 Å². The van der Waals surface area contributed by atoms with Crippen molar-refractivity contribution in [3.05, 3.63) is 29.8 Å². The number of hydrogen-bond acceptors (Lipinski definition) is 4. The van der Waals surface area contributed by atoms with Crippen molar-refractivity contribution in [2.45, 2.75) is 76.9 Å². The first-order valence-corrected chi connectivity index (χ1v) is 12.6. The lowest BCUT2D eigenvalue weighted by Crippen LogP contribution is -2.54. The number of para-hydroxylation sites is 1. The van der Waals surface area contributed by atoms with Gasteiger partial charge in [0, 0.05) is 16.7 Å². The van der Waals surface area contributed by atoms with E-state index in [4.69, 9.17) is 0 Å². The van der Waals surface area contributed by atoms with Crippen LogP contribution in [0, 0.1) is 40.4 Å². The first kappa shape index (κ1) is 20.9. The summed E-state index contributed by atoms with van der Waals surface area (Å²) in [6.07, 6.45) is 7.41. The maximum Gasteiger partial charge on any atom is 0.261 e. The Balaban J connectivity index is 1.35. The Morgan fingerprint density at radius 3 is 2.56 bits per heavy atom. The molecule has 0 aromatic heterocycles. The Hall–Kier alpha value is -1.72. The summed E-state index contributed by atoms with van der Waals surface area (Å²) < 4.78 is 0. The van der Waals surface area contributed by atoms with Crippen LogP contribution in [0.25, 0.3) is 0 Å². The molecule has 5 heteroatoms. The molecule has 1 amide bonds. The number of amides is 1. The molecule has 1 aromatic carbocycles. The van der Waals surface area contributed by atoms with Crippen LogP contribution in [0.1, 0.15) is 70.8 Å². The molecule has 9 unspecified atom stereocenters. The average Bonchev–Trinajstić information content (AvgIpc) is 3.20. The Labute approximate surface area is 190 Å². The Bertz CT molecular complexity index is 992. The highest BCUT2D eigenvalue weighted by Gasteiger charge is 2.67. The van der Waals surface area contributed by atoms with E-state index in [1.165, 1.54) is 0 Å². The standard InChI is InChI=1S/C27H35NO4/c1-25-11-9-16(29)13-15(25)7-8-17-18(25)10-12-26(2)20(17)14-21(23(26)30)27(32)19-5-3-4-6-22(19)28-24(27)31/h3-6,15-18,20-21,29,32H,7-14H2,1-2H3,(H,28,31). The average molecular weight is 438 g/mol. The number of carbonyl (C=O) groups excluding carboxylic acids is 2. The fourth-order valence-corrected chi connectivity index (χ4v) is 9.03. The Morgan fingerprint density at radius 2 is 1.75 bits per heavy atom. The number of nitrogens with one attached hydrogen (secondary N) is 1. The molecule has 0 bridgehead atoms. The van der Waals surface area contributed by atoms with Gasteiger partial charge in [-0.05, 0) is 86.5 Å². The number of benzene rings is 1. The van der Waals surface area contributed by atoms with Crippen molar-refractivity contribution in [2.75, 3.05) is 5.32 Å². The van der Waals surface area contributed by atoms with Gasteiger partial charge in [0.15, 0.2) is 5.60 Å². The summed E-state index contributed by atoms with van der Waals surface area (Å²) in [5, 5.41) is 24.8. The number of hydrogen-bond donors (Lipinski definition) is 3. The molecule has 1 aliphatic heterocycles. The molecule has 4 saturated carbocycles. The van der Waals surface area contributed by atoms with Crippen molar-refractivity contribution < 1.29 is 19.8 Å². The minimum absolute atomic E-state index is 0.0849. The van der Waals surface area contributed by atoms with Crippen molar-refractivity contribution in [1.29, 1.82) is 0 Å². The van der Waals surface area contributed by atoms with Gasteiger partial charge in [-0.15, -0.1) is 0 Å². The van der Waals surface area contributed by atoms with E-state index < -0.39 is 22.8 Å². The van der Waals surface area contributed by atoms with Crippen LogP contribution in [0.5, 0.6) is 0 Å². The number of carbonyl (C=O) groups is 2. The molecule has 172 valence electrons. The van der Waals surface area contributed by atoms with E-state index in [1.54, 1.807) is 12.1 Å². The van der Waals surface area contributed by atoms with E-state index in [-0.39, 0.29) is 23.2 Å². The van der Waals surface area contributed by atoms with Crippen molar-refractivity contribution >= 4 is 17.4 Å². The van der Waals surface area contributed by atoms with Crippen LogP contribution in [-0.4, -0.2) is 28.0 Å². The fourth-order valence-electron chi connectivity index (χ4n) is 9.03. The van der Waals surface area contributed by atoms with Gasteiger partial charge in [0.05, 0.1) is 12.0 Å². The summed E-state index contributed by atoms with van der Waals surface area (Å²) >= 11 is 0. The SMILES string of the molecule is CC12CCC3C(CCC4CC(O)CCC43C)C1CC(C1(O)C(=O)Nc3ccccc31)C2=O. The zero-order chi connectivity index (χ0) is 22.5. The predicted molar refractivity (Wildman–Crippen MR) is 121 cm³/mol. The quantitative estimate of drug-likeness (QED) is 0.619. The van der Waals surface area contributed by atoms with Crippen molar-refractivity contribution in [1.82, 2.24) is 0 Å². The third-order valence-corrected chi connectivity index (χ3v) is 10.8. The number of Topliss-reactive ketones (excluding diaryl/α,β-unsaturated/α-hetero) is 1. The van der Waals surface area contributed by atoms with Gasteiger partial charge in [-0.1, -0.05) is 32.0 Å². The number of fused-ring (bicyclic) bond motifs is 6. The molecule has 1 aromatic rings. The molecule has 4 aliphatic carbocycles. The Kier molecular flexibility index (Phi) is 4.34. The summed E-state index contributed by atoms with van der Waals surface area (Å²) in [6.45, 7) is 4.54. The van der Waals surface area contributed by atoms with Crippen LogP contribution in [0.3, 0.4) is 0 Å². The van der Waals surface area contributed by atoms with Gasteiger partial charge in [-0.25, -0.2) is 0 Å². The maximum absolute atomic E-state index is 13.9. The van der Waals surface area contributed by atoms with Crippen LogP contribution in [0.4, 0.5) is 5.69 Å². The summed E-state index contributed by atoms with van der Waals surface area (Å²) in [6, 6.07) is 7.25. The van der Waals surface area contributed by atoms with E-state index in [1.807, 2.05) is 12.1 Å². The molecule has 4 fully saturated rings. The summed E-state index contributed by atoms with van der Waals surface area (Å²) in [5.74, 6) is 0.766. The number of anilines is 1. The van der Waals surface area contributed by atoms with Gasteiger partial charge in [0.25, 0.3) is 5.91 Å². The topological polar surface area (TPSA) is 86.6 Å². The van der Waals surface area contributed by atoms with E-state index >= 15 is 0 Å². The summed E-state index contributed by atoms with van der Waals surface area (Å²) in [5.41, 5.74) is -0.812. The molecule has 0 radical (unpaired) electrons. The minimum atomic E-state index is -1.76. The molecule has 1 heterocycles. The molecule has 5 aliphatic rings. The first-order valence-electron chi connectivity index (χ1n) is 12.6. The van der Waals surface area contributed by atoms with E-state index in [0.717, 1.165) is 44.9 Å². The van der Waals surface area contributed by atoms with Crippen LogP contribution < -0.4 is 5.32 Å². The van der Waals surface area contributed by atoms with Gasteiger partial charge in [-0.3, -0.25) is 9.59 Å². The van der Waals surface area contributed by atoms with Gasteiger partial charge >= 0.3 is 0 Å². The highest BCUT2D eigenvalue weighted by molar-refractivity contribution is 6.09. The molecule has 32 heavy (non-hydrogen) atoms. The van der Waals surface area contributed by atoms with Gasteiger partial charge in [-0.2, -0.15) is 0 Å². The largest absolute Gasteiger partial charge is 0.393 e. The van der Waals surface area contributed by atoms with Crippen molar-refractivity contribution in [3.63, 3.8) is 0 Å². The zero-order valence-corrected chi connectivity index (χ0v) is 19.1. The second-order valence-electron chi connectivity index (χ2n) is 12.0. The lowest BCUT2D eigenvalue weighted by Gasteiger charge is -2.60. The summed E-state index contributed by atoms with van der Waals surface area (Å²) in [7, 11) is 0. The smallest absolute Gasteiger partial charge is 0.261 e. The first-order chi connectivity index (χ1) is 15.2. The highest BCUT2D eigenvalue weighted by Crippen LogP contribution is 2.67. The number of ketones is 1. The van der Waals surface area contributed by atoms with Crippen LogP contribution in [0.2, 0.25) is 0 Å². The van der Waals surface area contributed by atoms with E-state index in [0.29, 0.717) is 35.4 Å². The highest BCUT2D eigenvalue weighted by atomic mass is 16.3. The number of aliphatic hydroxyl groups is 2. The van der Waals surface area contributed by atoms with Gasteiger partial charge in [0.2, 0.25) is 0 Å². The molecule has 9 atom stereocenters. The molecule has 5 nitrogen and oxygen atoms in total. The monoisotopic (exact) mass is 437 g/mol. The lowest BCUT2D eigenvalue weighted by atomic mass is 9.45. The zero-order valence-electron chi connectivity index (χ0n) is 19.1. The van der Waals surface area contributed by atoms with Crippen LogP contribution in [-0.2, 0) is 15.2 Å². The fraction of sp³-hybridized carbons (Fsp3) is 0.704. The normalized spacial score (nSPS) is 49.6.